The van der Waals surface area contributed by atoms with Crippen molar-refractivity contribution in [2.24, 2.45) is 0 Å². The van der Waals surface area contributed by atoms with Gasteiger partial charge < -0.3 is 19.1 Å². The van der Waals surface area contributed by atoms with Gasteiger partial charge in [0.05, 0.1) is 17.3 Å². The molecule has 202 valence electrons. The lowest BCUT2D eigenvalue weighted by atomic mass is 10.1. The van der Waals surface area contributed by atoms with Crippen LogP contribution in [0.4, 0.5) is 9.18 Å². The number of nitrogens with zero attached hydrogens (tertiary/aromatic N) is 3. The second kappa shape index (κ2) is 13.5. The number of imidazole rings is 1. The molecule has 0 fully saturated rings. The van der Waals surface area contributed by atoms with Gasteiger partial charge in [-0.15, -0.1) is 0 Å². The predicted molar refractivity (Wildman–Crippen MR) is 152 cm³/mol. The SMILES string of the molecule is COCc1nc(C(OC(=O)N(C(C)C)C(C)C)c2ccc(F)c(Cl)c2)n(COCC[Si](C)(C)C)c1I. The Morgan fingerprint density at radius 3 is 2.39 bits per heavy atom. The first-order valence-corrected chi connectivity index (χ1v) is 17.2. The number of carbonyl (C=O) groups is 1. The van der Waals surface area contributed by atoms with Crippen molar-refractivity contribution in [3.63, 3.8) is 0 Å². The average Bonchev–Trinajstić information content (AvgIpc) is 3.06. The molecular weight excluding hydrogens is 616 g/mol. The second-order valence-corrected chi connectivity index (χ2v) is 17.5. The summed E-state index contributed by atoms with van der Waals surface area (Å²) in [5.74, 6) is -0.0907. The van der Waals surface area contributed by atoms with Gasteiger partial charge >= 0.3 is 6.09 Å². The normalized spacial score (nSPS) is 12.9. The third-order valence-corrected chi connectivity index (χ3v) is 8.72. The summed E-state index contributed by atoms with van der Waals surface area (Å²) >= 11 is 8.32. The monoisotopic (exact) mass is 653 g/mol. The van der Waals surface area contributed by atoms with Crippen LogP contribution in [0.1, 0.15) is 50.9 Å². The average molecular weight is 654 g/mol. The number of rotatable bonds is 12. The van der Waals surface area contributed by atoms with Gasteiger partial charge in [0.15, 0.2) is 11.9 Å². The van der Waals surface area contributed by atoms with Gasteiger partial charge in [0.1, 0.15) is 16.2 Å². The van der Waals surface area contributed by atoms with Gasteiger partial charge in [0.2, 0.25) is 0 Å². The number of carbonyl (C=O) groups excluding carboxylic acids is 1. The lowest BCUT2D eigenvalue weighted by Crippen LogP contribution is -2.43. The summed E-state index contributed by atoms with van der Waals surface area (Å²) in [6, 6.07) is 5.15. The van der Waals surface area contributed by atoms with Crippen LogP contribution in [-0.4, -0.2) is 54.4 Å². The molecule has 0 aliphatic carbocycles. The Labute approximate surface area is 233 Å². The molecular formula is C25H38ClFIN3O4Si. The van der Waals surface area contributed by atoms with E-state index in [4.69, 9.17) is 30.8 Å². The number of hydrogen-bond donors (Lipinski definition) is 0. The number of ether oxygens (including phenoxy) is 3. The van der Waals surface area contributed by atoms with E-state index in [2.05, 4.69) is 42.2 Å². The van der Waals surface area contributed by atoms with Gasteiger partial charge in [0.25, 0.3) is 0 Å². The highest BCUT2D eigenvalue weighted by atomic mass is 127. The van der Waals surface area contributed by atoms with Crippen molar-refractivity contribution in [1.82, 2.24) is 14.5 Å². The fraction of sp³-hybridized carbons (Fsp3) is 0.600. The van der Waals surface area contributed by atoms with Gasteiger partial charge in [0, 0.05) is 39.4 Å². The van der Waals surface area contributed by atoms with Gasteiger partial charge in [-0.05, 0) is 68.5 Å². The van der Waals surface area contributed by atoms with E-state index in [1.807, 2.05) is 32.3 Å². The van der Waals surface area contributed by atoms with E-state index in [-0.39, 0.29) is 30.4 Å². The van der Waals surface area contributed by atoms with Crippen molar-refractivity contribution in [2.45, 2.75) is 84.9 Å². The van der Waals surface area contributed by atoms with Crippen molar-refractivity contribution in [3.8, 4) is 0 Å². The third kappa shape index (κ3) is 8.40. The minimum Gasteiger partial charge on any atom is -0.433 e. The molecule has 0 saturated carbocycles. The molecule has 1 aromatic heterocycles. The Bertz CT molecular complexity index is 1020. The van der Waals surface area contributed by atoms with E-state index in [1.54, 1.807) is 18.1 Å². The highest BCUT2D eigenvalue weighted by Crippen LogP contribution is 2.32. The van der Waals surface area contributed by atoms with Gasteiger partial charge in [-0.2, -0.15) is 0 Å². The lowest BCUT2D eigenvalue weighted by Gasteiger charge is -2.31. The summed E-state index contributed by atoms with van der Waals surface area (Å²) in [7, 11) is 0.328. The van der Waals surface area contributed by atoms with Crippen LogP contribution in [0.3, 0.4) is 0 Å². The summed E-state index contributed by atoms with van der Waals surface area (Å²) in [5, 5.41) is -0.0607. The summed E-state index contributed by atoms with van der Waals surface area (Å²) in [5.41, 5.74) is 1.21. The smallest absolute Gasteiger partial charge is 0.411 e. The molecule has 0 aliphatic rings. The minimum atomic E-state index is -1.27. The van der Waals surface area contributed by atoms with Crippen molar-refractivity contribution in [3.05, 3.63) is 49.8 Å². The number of methoxy groups -OCH3 is 1. The summed E-state index contributed by atoms with van der Waals surface area (Å²) in [6.45, 7) is 15.7. The molecule has 11 heteroatoms. The van der Waals surface area contributed by atoms with E-state index in [0.29, 0.717) is 23.7 Å². The largest absolute Gasteiger partial charge is 0.433 e. The minimum absolute atomic E-state index is 0.0607. The molecule has 7 nitrogen and oxygen atoms in total. The van der Waals surface area contributed by atoms with Gasteiger partial charge in [-0.25, -0.2) is 14.2 Å². The van der Waals surface area contributed by atoms with E-state index >= 15 is 0 Å². The van der Waals surface area contributed by atoms with Gasteiger partial charge in [-0.1, -0.05) is 37.3 Å². The lowest BCUT2D eigenvalue weighted by molar-refractivity contribution is 0.0454. The van der Waals surface area contributed by atoms with Crippen LogP contribution in [0, 0.1) is 9.52 Å². The van der Waals surface area contributed by atoms with Crippen LogP contribution in [0.2, 0.25) is 30.7 Å². The standard InChI is InChI=1S/C25H38ClFIN3O4Si/c1-16(2)31(17(3)4)25(32)35-22(18-9-10-20(27)19(26)13-18)24-29-21(14-33-5)23(28)30(24)15-34-11-12-36(6,7)8/h9-10,13,16-17,22H,11-12,14-15H2,1-8H3. The van der Waals surface area contributed by atoms with E-state index < -0.39 is 26.1 Å². The first-order valence-electron chi connectivity index (χ1n) is 12.0. The molecule has 2 rings (SSSR count). The van der Waals surface area contributed by atoms with Crippen LogP contribution in [-0.2, 0) is 27.5 Å². The third-order valence-electron chi connectivity index (χ3n) is 5.52. The highest BCUT2D eigenvalue weighted by molar-refractivity contribution is 14.1. The summed E-state index contributed by atoms with van der Waals surface area (Å²) in [6.07, 6.45) is -1.43. The van der Waals surface area contributed by atoms with E-state index in [0.717, 1.165) is 9.74 Å². The molecule has 0 N–H and O–H groups in total. The highest BCUT2D eigenvalue weighted by Gasteiger charge is 2.31. The van der Waals surface area contributed by atoms with Crippen LogP contribution in [0.15, 0.2) is 18.2 Å². The zero-order chi connectivity index (χ0) is 27.2. The van der Waals surface area contributed by atoms with Crippen LogP contribution >= 0.6 is 34.2 Å². The number of hydrogen-bond acceptors (Lipinski definition) is 5. The Hall–Kier alpha value is -1.21. The number of benzene rings is 1. The second-order valence-electron chi connectivity index (χ2n) is 10.4. The molecule has 0 bridgehead atoms. The van der Waals surface area contributed by atoms with Crippen LogP contribution in [0.5, 0.6) is 0 Å². The quantitative estimate of drug-likeness (QED) is 0.139. The van der Waals surface area contributed by atoms with Crippen LogP contribution in [0.25, 0.3) is 0 Å². The Morgan fingerprint density at radius 1 is 1.22 bits per heavy atom. The maximum atomic E-state index is 14.0. The summed E-state index contributed by atoms with van der Waals surface area (Å²) in [4.78, 5) is 19.8. The van der Waals surface area contributed by atoms with Gasteiger partial charge in [-0.3, -0.25) is 4.57 Å². The molecule has 0 radical (unpaired) electrons. The Morgan fingerprint density at radius 2 is 1.86 bits per heavy atom. The molecule has 36 heavy (non-hydrogen) atoms. The first kappa shape index (κ1) is 31.0. The van der Waals surface area contributed by atoms with E-state index in [1.165, 1.54) is 12.1 Å². The molecule has 1 unspecified atom stereocenters. The van der Waals surface area contributed by atoms with E-state index in [9.17, 15) is 9.18 Å². The zero-order valence-electron chi connectivity index (χ0n) is 22.4. The van der Waals surface area contributed by atoms with Crippen molar-refractivity contribution in [2.75, 3.05) is 13.7 Å². The molecule has 0 spiro atoms. The van der Waals surface area contributed by atoms with Crippen molar-refractivity contribution in [1.29, 1.82) is 0 Å². The maximum absolute atomic E-state index is 14.0. The molecule has 0 aliphatic heterocycles. The maximum Gasteiger partial charge on any atom is 0.411 e. The summed E-state index contributed by atoms with van der Waals surface area (Å²) < 4.78 is 34.2. The fourth-order valence-electron chi connectivity index (χ4n) is 3.71. The number of aromatic nitrogens is 2. The topological polar surface area (TPSA) is 65.8 Å². The Kier molecular flexibility index (Phi) is 11.7. The molecule has 1 amide bonds. The van der Waals surface area contributed by atoms with Crippen molar-refractivity contribution < 1.29 is 23.4 Å². The zero-order valence-corrected chi connectivity index (χ0v) is 26.3. The van der Waals surface area contributed by atoms with Crippen molar-refractivity contribution >= 4 is 48.4 Å². The first-order chi connectivity index (χ1) is 16.8. The number of halogens is 3. The molecule has 2 aromatic rings. The molecule has 1 heterocycles. The fourth-order valence-corrected chi connectivity index (χ4v) is 5.32. The molecule has 0 saturated heterocycles. The molecule has 1 aromatic carbocycles. The number of amides is 1. The van der Waals surface area contributed by atoms with Crippen LogP contribution < -0.4 is 0 Å². The molecule has 1 atom stereocenters. The predicted octanol–water partition coefficient (Wildman–Crippen LogP) is 7.08. The Balaban J connectivity index is 2.55.